The number of rotatable bonds is 4. The predicted molar refractivity (Wildman–Crippen MR) is 110 cm³/mol. The second kappa shape index (κ2) is 8.03. The number of hydrogen-bond donors (Lipinski definition) is 1. The quantitative estimate of drug-likeness (QED) is 0.698. The van der Waals surface area contributed by atoms with Crippen LogP contribution in [-0.2, 0) is 22.5 Å². The van der Waals surface area contributed by atoms with Gasteiger partial charge >= 0.3 is 6.09 Å². The van der Waals surface area contributed by atoms with E-state index in [1.165, 1.54) is 11.1 Å². The lowest BCUT2D eigenvalue weighted by molar-refractivity contribution is 0.0121. The van der Waals surface area contributed by atoms with E-state index in [0.29, 0.717) is 6.61 Å². The minimum atomic E-state index is -0.536. The summed E-state index contributed by atoms with van der Waals surface area (Å²) in [5.74, 6) is 0. The molecule has 0 unspecified atom stereocenters. The summed E-state index contributed by atoms with van der Waals surface area (Å²) in [5, 5.41) is 3.02. The third-order valence-corrected chi connectivity index (χ3v) is 5.01. The number of hydrogen-bond acceptors (Lipinski definition) is 3. The first kappa shape index (κ1) is 19.9. The van der Waals surface area contributed by atoms with E-state index in [0.717, 1.165) is 22.0 Å². The zero-order valence-electron chi connectivity index (χ0n) is 16.2. The van der Waals surface area contributed by atoms with E-state index in [9.17, 15) is 4.79 Å². The highest BCUT2D eigenvalue weighted by molar-refractivity contribution is 9.10. The van der Waals surface area contributed by atoms with Gasteiger partial charge < -0.3 is 14.8 Å². The number of fused-ring (bicyclic) bond motifs is 1. The molecule has 0 heterocycles. The second-order valence-electron chi connectivity index (χ2n) is 8.01. The van der Waals surface area contributed by atoms with Crippen molar-refractivity contribution in [2.24, 2.45) is 0 Å². The molecule has 0 bridgehead atoms. The van der Waals surface area contributed by atoms with Crippen LogP contribution in [0.25, 0.3) is 0 Å². The first-order valence-corrected chi connectivity index (χ1v) is 9.95. The number of halogens is 1. The van der Waals surface area contributed by atoms with Crippen molar-refractivity contribution in [2.75, 3.05) is 0 Å². The average Bonchev–Trinajstić information content (AvgIpc) is 2.90. The molecule has 144 valence electrons. The van der Waals surface area contributed by atoms with Gasteiger partial charge in [0.25, 0.3) is 0 Å². The summed E-state index contributed by atoms with van der Waals surface area (Å²) in [6.45, 7) is 8.14. The number of benzene rings is 2. The number of nitrogens with one attached hydrogen (secondary N) is 1. The van der Waals surface area contributed by atoms with Crippen molar-refractivity contribution in [2.45, 2.75) is 58.5 Å². The summed E-state index contributed by atoms with van der Waals surface area (Å²) in [6, 6.07) is 14.2. The maximum Gasteiger partial charge on any atom is 0.408 e. The fourth-order valence-corrected chi connectivity index (χ4v) is 3.53. The summed E-state index contributed by atoms with van der Waals surface area (Å²) in [5.41, 5.74) is 4.05. The van der Waals surface area contributed by atoms with Gasteiger partial charge in [0, 0.05) is 10.9 Å². The van der Waals surface area contributed by atoms with E-state index < -0.39 is 11.7 Å². The standard InChI is InChI=1S/C22H26BrNO3/c1-14-5-8-16-12-19(26-13-15-6-9-17(23)10-7-15)20(18(16)11-14)24-21(25)27-22(2,3)4/h5-11,19-20H,12-13H2,1-4H3,(H,24,25)/t19-,20+/m0/s1. The molecule has 0 aromatic heterocycles. The molecule has 0 saturated carbocycles. The Hall–Kier alpha value is -1.85. The zero-order chi connectivity index (χ0) is 19.6. The van der Waals surface area contributed by atoms with Crippen molar-refractivity contribution in [1.82, 2.24) is 5.32 Å². The van der Waals surface area contributed by atoms with Crippen LogP contribution >= 0.6 is 15.9 Å². The fourth-order valence-electron chi connectivity index (χ4n) is 3.27. The molecule has 27 heavy (non-hydrogen) atoms. The highest BCUT2D eigenvalue weighted by atomic mass is 79.9. The van der Waals surface area contributed by atoms with E-state index in [1.54, 1.807) is 0 Å². The van der Waals surface area contributed by atoms with Crippen LogP contribution in [0, 0.1) is 6.92 Å². The van der Waals surface area contributed by atoms with Gasteiger partial charge in [-0.25, -0.2) is 4.79 Å². The Morgan fingerprint density at radius 2 is 1.89 bits per heavy atom. The highest BCUT2D eigenvalue weighted by Crippen LogP contribution is 2.35. The van der Waals surface area contributed by atoms with Crippen LogP contribution in [0.2, 0.25) is 0 Å². The van der Waals surface area contributed by atoms with E-state index in [4.69, 9.17) is 9.47 Å². The first-order valence-electron chi connectivity index (χ1n) is 9.16. The van der Waals surface area contributed by atoms with Crippen molar-refractivity contribution in [3.63, 3.8) is 0 Å². The van der Waals surface area contributed by atoms with Gasteiger partial charge in [0.15, 0.2) is 0 Å². The molecular formula is C22H26BrNO3. The number of amides is 1. The molecular weight excluding hydrogens is 406 g/mol. The summed E-state index contributed by atoms with van der Waals surface area (Å²) in [4.78, 5) is 12.4. The molecule has 0 saturated heterocycles. The Bertz CT molecular complexity index is 811. The topological polar surface area (TPSA) is 47.6 Å². The van der Waals surface area contributed by atoms with Crippen LogP contribution < -0.4 is 5.32 Å². The lowest BCUT2D eigenvalue weighted by Crippen LogP contribution is -2.39. The van der Waals surface area contributed by atoms with Crippen molar-refractivity contribution in [1.29, 1.82) is 0 Å². The molecule has 1 N–H and O–H groups in total. The molecule has 0 radical (unpaired) electrons. The summed E-state index contributed by atoms with van der Waals surface area (Å²) in [6.07, 6.45) is 0.226. The van der Waals surface area contributed by atoms with Gasteiger partial charge in [0.2, 0.25) is 0 Å². The normalized spacial score (nSPS) is 18.9. The average molecular weight is 432 g/mol. The number of aryl methyl sites for hydroxylation is 1. The van der Waals surface area contributed by atoms with Crippen LogP contribution in [0.1, 0.15) is 49.1 Å². The molecule has 2 aromatic carbocycles. The molecule has 0 aliphatic heterocycles. The van der Waals surface area contributed by atoms with Crippen molar-refractivity contribution in [3.05, 3.63) is 69.2 Å². The predicted octanol–water partition coefficient (Wildman–Crippen LogP) is 5.46. The van der Waals surface area contributed by atoms with Crippen molar-refractivity contribution < 1.29 is 14.3 Å². The smallest absolute Gasteiger partial charge is 0.408 e. The molecule has 4 nitrogen and oxygen atoms in total. The van der Waals surface area contributed by atoms with Gasteiger partial charge in [-0.05, 0) is 56.5 Å². The van der Waals surface area contributed by atoms with Crippen LogP contribution in [0.4, 0.5) is 4.79 Å². The van der Waals surface area contributed by atoms with E-state index >= 15 is 0 Å². The molecule has 1 aliphatic rings. The van der Waals surface area contributed by atoms with Gasteiger partial charge in [-0.15, -0.1) is 0 Å². The molecule has 2 aromatic rings. The van der Waals surface area contributed by atoms with E-state index in [-0.39, 0.29) is 12.1 Å². The first-order chi connectivity index (χ1) is 12.7. The maximum absolute atomic E-state index is 12.4. The van der Waals surface area contributed by atoms with Crippen molar-refractivity contribution >= 4 is 22.0 Å². The van der Waals surface area contributed by atoms with E-state index in [1.807, 2.05) is 45.0 Å². The van der Waals surface area contributed by atoms with Crippen molar-refractivity contribution in [3.8, 4) is 0 Å². The Labute approximate surface area is 169 Å². The largest absolute Gasteiger partial charge is 0.444 e. The number of carbonyl (C=O) groups is 1. The number of alkyl carbamates (subject to hydrolysis) is 1. The Morgan fingerprint density at radius 1 is 1.19 bits per heavy atom. The Balaban J connectivity index is 1.75. The second-order valence-corrected chi connectivity index (χ2v) is 8.92. The third-order valence-electron chi connectivity index (χ3n) is 4.48. The minimum Gasteiger partial charge on any atom is -0.444 e. The SMILES string of the molecule is Cc1ccc2c(c1)[C@@H](NC(=O)OC(C)(C)C)[C@@H](OCc1ccc(Br)cc1)C2. The summed E-state index contributed by atoms with van der Waals surface area (Å²) in [7, 11) is 0. The fraction of sp³-hybridized carbons (Fsp3) is 0.409. The number of carbonyl (C=O) groups excluding carboxylic acids is 1. The number of ether oxygens (including phenoxy) is 2. The molecule has 0 spiro atoms. The molecule has 3 rings (SSSR count). The molecule has 0 fully saturated rings. The van der Waals surface area contributed by atoms with Gasteiger partial charge in [0.1, 0.15) is 5.60 Å². The highest BCUT2D eigenvalue weighted by Gasteiger charge is 2.35. The lowest BCUT2D eigenvalue weighted by Gasteiger charge is -2.25. The molecule has 1 amide bonds. The molecule has 1 aliphatic carbocycles. The maximum atomic E-state index is 12.4. The van der Waals surface area contributed by atoms with Gasteiger partial charge in [-0.3, -0.25) is 0 Å². The van der Waals surface area contributed by atoms with Crippen LogP contribution in [-0.4, -0.2) is 17.8 Å². The Morgan fingerprint density at radius 3 is 2.56 bits per heavy atom. The monoisotopic (exact) mass is 431 g/mol. The molecule has 2 atom stereocenters. The summed E-state index contributed by atoms with van der Waals surface area (Å²) < 4.78 is 12.7. The zero-order valence-corrected chi connectivity index (χ0v) is 17.8. The van der Waals surface area contributed by atoms with Gasteiger partial charge in [0.05, 0.1) is 18.8 Å². The van der Waals surface area contributed by atoms with Gasteiger partial charge in [-0.1, -0.05) is 51.8 Å². The lowest BCUT2D eigenvalue weighted by atomic mass is 10.0. The Kier molecular flexibility index (Phi) is 5.92. The summed E-state index contributed by atoms with van der Waals surface area (Å²) >= 11 is 3.45. The third kappa shape index (κ3) is 5.33. The molecule has 5 heteroatoms. The van der Waals surface area contributed by atoms with Gasteiger partial charge in [-0.2, -0.15) is 0 Å². The van der Waals surface area contributed by atoms with Crippen LogP contribution in [0.15, 0.2) is 46.9 Å². The van der Waals surface area contributed by atoms with E-state index in [2.05, 4.69) is 46.4 Å². The van der Waals surface area contributed by atoms with Crippen LogP contribution in [0.5, 0.6) is 0 Å². The minimum absolute atomic E-state index is 0.127. The van der Waals surface area contributed by atoms with Crippen LogP contribution in [0.3, 0.4) is 0 Å².